The summed E-state index contributed by atoms with van der Waals surface area (Å²) in [5, 5.41) is 0.659. The van der Waals surface area contributed by atoms with Crippen molar-refractivity contribution in [1.82, 2.24) is 14.5 Å². The molecule has 1 aromatic carbocycles. The molecule has 0 atom stereocenters. The zero-order chi connectivity index (χ0) is 15.7. The first-order valence-corrected chi connectivity index (χ1v) is 8.47. The molecule has 0 fully saturated rings. The maximum atomic E-state index is 12.6. The molecule has 0 aliphatic carbocycles. The van der Waals surface area contributed by atoms with E-state index in [1.807, 2.05) is 24.4 Å². The molecule has 0 unspecified atom stereocenters. The number of halogens is 2. The fraction of sp³-hybridized carbons (Fsp3) is 0.375. The van der Waals surface area contributed by atoms with Gasteiger partial charge in [0, 0.05) is 42.3 Å². The van der Waals surface area contributed by atoms with E-state index >= 15 is 0 Å². The SMILES string of the molecule is CN(Cc1cc(Br)ccc1Cl)C(=O)c1cn2c(n1)CCCC2. The number of carbonyl (C=O) groups excluding carboxylic acids is 1. The van der Waals surface area contributed by atoms with Crippen LogP contribution in [0.2, 0.25) is 5.02 Å². The topological polar surface area (TPSA) is 38.1 Å². The van der Waals surface area contributed by atoms with E-state index in [9.17, 15) is 4.79 Å². The van der Waals surface area contributed by atoms with Gasteiger partial charge >= 0.3 is 0 Å². The molecule has 1 aromatic heterocycles. The highest BCUT2D eigenvalue weighted by molar-refractivity contribution is 9.10. The maximum absolute atomic E-state index is 12.6. The van der Waals surface area contributed by atoms with Crippen LogP contribution in [-0.2, 0) is 19.5 Å². The van der Waals surface area contributed by atoms with Crippen molar-refractivity contribution in [2.75, 3.05) is 7.05 Å². The normalized spacial score (nSPS) is 13.8. The van der Waals surface area contributed by atoms with Crippen molar-refractivity contribution in [3.63, 3.8) is 0 Å². The highest BCUT2D eigenvalue weighted by Gasteiger charge is 2.20. The highest BCUT2D eigenvalue weighted by Crippen LogP contribution is 2.23. The Morgan fingerprint density at radius 3 is 3.05 bits per heavy atom. The number of aromatic nitrogens is 2. The van der Waals surface area contributed by atoms with E-state index in [4.69, 9.17) is 11.6 Å². The van der Waals surface area contributed by atoms with Gasteiger partial charge in [-0.3, -0.25) is 4.79 Å². The minimum absolute atomic E-state index is 0.0713. The molecule has 116 valence electrons. The molecule has 22 heavy (non-hydrogen) atoms. The van der Waals surface area contributed by atoms with Crippen molar-refractivity contribution in [2.45, 2.75) is 32.4 Å². The Balaban J connectivity index is 1.76. The minimum atomic E-state index is -0.0713. The van der Waals surface area contributed by atoms with Gasteiger partial charge < -0.3 is 9.47 Å². The molecule has 0 spiro atoms. The van der Waals surface area contributed by atoms with Gasteiger partial charge in [-0.1, -0.05) is 27.5 Å². The number of hydrogen-bond donors (Lipinski definition) is 0. The van der Waals surface area contributed by atoms with Gasteiger partial charge in [0.25, 0.3) is 5.91 Å². The van der Waals surface area contributed by atoms with Crippen LogP contribution in [0.3, 0.4) is 0 Å². The second-order valence-corrected chi connectivity index (χ2v) is 6.91. The van der Waals surface area contributed by atoms with Crippen LogP contribution in [0.25, 0.3) is 0 Å². The van der Waals surface area contributed by atoms with Crippen LogP contribution in [-0.4, -0.2) is 27.4 Å². The van der Waals surface area contributed by atoms with Crippen molar-refractivity contribution in [2.24, 2.45) is 0 Å². The van der Waals surface area contributed by atoms with Crippen LogP contribution >= 0.6 is 27.5 Å². The molecule has 2 aromatic rings. The number of benzene rings is 1. The molecule has 1 aliphatic rings. The third kappa shape index (κ3) is 3.20. The lowest BCUT2D eigenvalue weighted by Crippen LogP contribution is -2.26. The van der Waals surface area contributed by atoms with Crippen LogP contribution < -0.4 is 0 Å². The van der Waals surface area contributed by atoms with E-state index < -0.39 is 0 Å². The predicted octanol–water partition coefficient (Wildman–Crippen LogP) is 3.91. The first-order chi connectivity index (χ1) is 10.5. The fourth-order valence-electron chi connectivity index (χ4n) is 2.70. The van der Waals surface area contributed by atoms with E-state index in [2.05, 4.69) is 25.5 Å². The Bertz CT molecular complexity index is 690. The summed E-state index contributed by atoms with van der Waals surface area (Å²) >= 11 is 9.62. The first kappa shape index (κ1) is 15.6. The molecule has 2 heterocycles. The first-order valence-electron chi connectivity index (χ1n) is 7.30. The zero-order valence-electron chi connectivity index (χ0n) is 12.4. The van der Waals surface area contributed by atoms with Gasteiger partial charge in [0.15, 0.2) is 0 Å². The lowest BCUT2D eigenvalue weighted by atomic mass is 10.2. The van der Waals surface area contributed by atoms with E-state index in [0.717, 1.165) is 41.7 Å². The van der Waals surface area contributed by atoms with Crippen LogP contribution in [0, 0.1) is 0 Å². The number of imidazole rings is 1. The summed E-state index contributed by atoms with van der Waals surface area (Å²) in [6.45, 7) is 1.41. The molecule has 0 bridgehead atoms. The van der Waals surface area contributed by atoms with Gasteiger partial charge in [-0.2, -0.15) is 0 Å². The van der Waals surface area contributed by atoms with Crippen molar-refractivity contribution in [1.29, 1.82) is 0 Å². The average Bonchev–Trinajstić information content (AvgIpc) is 2.94. The molecule has 6 heteroatoms. The molecule has 1 amide bonds. The summed E-state index contributed by atoms with van der Waals surface area (Å²) < 4.78 is 3.04. The molecule has 0 N–H and O–H groups in total. The number of amides is 1. The Hall–Kier alpha value is -1.33. The molecule has 4 nitrogen and oxygen atoms in total. The lowest BCUT2D eigenvalue weighted by molar-refractivity contribution is 0.0779. The second-order valence-electron chi connectivity index (χ2n) is 5.59. The molecule has 0 radical (unpaired) electrons. The number of rotatable bonds is 3. The van der Waals surface area contributed by atoms with Crippen LogP contribution in [0.15, 0.2) is 28.9 Å². The summed E-state index contributed by atoms with van der Waals surface area (Å²) in [4.78, 5) is 18.7. The standard InChI is InChI=1S/C16H17BrClN3O/c1-20(9-11-8-12(17)5-6-13(11)18)16(22)14-10-21-7-3-2-4-15(21)19-14/h5-6,8,10H,2-4,7,9H2,1H3. The highest BCUT2D eigenvalue weighted by atomic mass is 79.9. The lowest BCUT2D eigenvalue weighted by Gasteiger charge is -2.17. The van der Waals surface area contributed by atoms with Gasteiger partial charge in [-0.15, -0.1) is 0 Å². The third-order valence-corrected chi connectivity index (χ3v) is 4.75. The number of hydrogen-bond acceptors (Lipinski definition) is 2. The molecular weight excluding hydrogens is 366 g/mol. The summed E-state index contributed by atoms with van der Waals surface area (Å²) in [5.41, 5.74) is 1.43. The smallest absolute Gasteiger partial charge is 0.274 e. The van der Waals surface area contributed by atoms with Crippen molar-refractivity contribution >= 4 is 33.4 Å². The Labute approximate surface area is 143 Å². The third-order valence-electron chi connectivity index (χ3n) is 3.89. The Morgan fingerprint density at radius 2 is 2.27 bits per heavy atom. The van der Waals surface area contributed by atoms with Crippen LogP contribution in [0.4, 0.5) is 0 Å². The van der Waals surface area contributed by atoms with Gasteiger partial charge in [0.1, 0.15) is 11.5 Å². The number of nitrogens with zero attached hydrogens (tertiary/aromatic N) is 3. The maximum Gasteiger partial charge on any atom is 0.274 e. The summed E-state index contributed by atoms with van der Waals surface area (Å²) in [6.07, 6.45) is 5.12. The average molecular weight is 383 g/mol. The molecule has 1 aliphatic heterocycles. The summed E-state index contributed by atoms with van der Waals surface area (Å²) in [6, 6.07) is 5.65. The van der Waals surface area contributed by atoms with E-state index in [1.165, 1.54) is 0 Å². The summed E-state index contributed by atoms with van der Waals surface area (Å²) in [5.74, 6) is 0.946. The number of fused-ring (bicyclic) bond motifs is 1. The van der Waals surface area contributed by atoms with Crippen molar-refractivity contribution < 1.29 is 4.79 Å². The van der Waals surface area contributed by atoms with Gasteiger partial charge in [0.2, 0.25) is 0 Å². The molecule has 0 saturated carbocycles. The predicted molar refractivity (Wildman–Crippen MR) is 90.1 cm³/mol. The van der Waals surface area contributed by atoms with Gasteiger partial charge in [-0.25, -0.2) is 4.98 Å². The quantitative estimate of drug-likeness (QED) is 0.807. The number of carbonyl (C=O) groups is 1. The van der Waals surface area contributed by atoms with Gasteiger partial charge in [0.05, 0.1) is 0 Å². The largest absolute Gasteiger partial charge is 0.336 e. The van der Waals surface area contributed by atoms with Crippen LogP contribution in [0.1, 0.15) is 34.7 Å². The Kier molecular flexibility index (Phi) is 4.54. The minimum Gasteiger partial charge on any atom is -0.336 e. The monoisotopic (exact) mass is 381 g/mol. The van der Waals surface area contributed by atoms with Crippen LogP contribution in [0.5, 0.6) is 0 Å². The van der Waals surface area contributed by atoms with E-state index in [-0.39, 0.29) is 5.91 Å². The zero-order valence-corrected chi connectivity index (χ0v) is 14.7. The Morgan fingerprint density at radius 1 is 1.45 bits per heavy atom. The van der Waals surface area contributed by atoms with Crippen molar-refractivity contribution in [3.8, 4) is 0 Å². The van der Waals surface area contributed by atoms with Crippen molar-refractivity contribution in [3.05, 3.63) is 51.0 Å². The molecule has 3 rings (SSSR count). The molecular formula is C16H17BrClN3O. The fourth-order valence-corrected chi connectivity index (χ4v) is 3.29. The second kappa shape index (κ2) is 6.42. The summed E-state index contributed by atoms with van der Waals surface area (Å²) in [7, 11) is 1.78. The van der Waals surface area contributed by atoms with E-state index in [1.54, 1.807) is 11.9 Å². The van der Waals surface area contributed by atoms with E-state index in [0.29, 0.717) is 17.3 Å². The molecule has 0 saturated heterocycles. The van der Waals surface area contributed by atoms with Gasteiger partial charge in [-0.05, 0) is 36.6 Å². The number of aryl methyl sites for hydroxylation is 2.